The third-order valence-electron chi connectivity index (χ3n) is 5.61. The molecule has 0 aliphatic rings. The van der Waals surface area contributed by atoms with Crippen molar-refractivity contribution in [3.63, 3.8) is 0 Å². The number of ether oxygens (including phenoxy) is 2. The third kappa shape index (κ3) is 18.7. The molecule has 45 heavy (non-hydrogen) atoms. The van der Waals surface area contributed by atoms with Crippen LogP contribution < -0.4 is 27.8 Å². The third-order valence-corrected chi connectivity index (χ3v) is 5.61. The molecule has 2 rings (SSSR count). The van der Waals surface area contributed by atoms with Crippen LogP contribution in [0.4, 0.5) is 21.2 Å². The predicted octanol–water partition coefficient (Wildman–Crippen LogP) is 3.80. The van der Waals surface area contributed by atoms with Crippen LogP contribution in [-0.4, -0.2) is 62.3 Å². The highest BCUT2D eigenvalue weighted by atomic mass is 16.6. The topological polar surface area (TPSA) is 235 Å². The Labute approximate surface area is 265 Å². The van der Waals surface area contributed by atoms with Crippen molar-refractivity contribution in [2.45, 2.75) is 112 Å². The molecule has 2 aromatic rings. The van der Waals surface area contributed by atoms with Crippen LogP contribution >= 0.6 is 0 Å². The molecule has 0 spiro atoms. The zero-order valence-corrected chi connectivity index (χ0v) is 28.1. The molecule has 0 saturated carbocycles. The number of alkyl carbamates (subject to hydrolysis) is 2. The van der Waals surface area contributed by atoms with Gasteiger partial charge in [0.2, 0.25) is 0 Å². The zero-order valence-electron chi connectivity index (χ0n) is 28.1. The van der Waals surface area contributed by atoms with Crippen LogP contribution in [0, 0.1) is 13.8 Å². The van der Waals surface area contributed by atoms with E-state index in [0.717, 1.165) is 22.5 Å². The number of carbonyl (C=O) groups is 4. The van der Waals surface area contributed by atoms with Gasteiger partial charge in [0.25, 0.3) is 0 Å². The first-order chi connectivity index (χ1) is 20.5. The summed E-state index contributed by atoms with van der Waals surface area (Å²) < 4.78 is 9.97. The van der Waals surface area contributed by atoms with E-state index < -0.39 is 41.4 Å². The van der Waals surface area contributed by atoms with Gasteiger partial charge in [-0.15, -0.1) is 0 Å². The summed E-state index contributed by atoms with van der Waals surface area (Å²) in [6.45, 7) is 17.7. The predicted molar refractivity (Wildman–Crippen MR) is 173 cm³/mol. The molecule has 0 bridgehead atoms. The highest BCUT2D eigenvalue weighted by Gasteiger charge is 2.21. The second-order valence-electron chi connectivity index (χ2n) is 12.2. The molecule has 0 unspecified atom stereocenters. The van der Waals surface area contributed by atoms with Crippen molar-refractivity contribution in [3.05, 3.63) is 46.8 Å². The molecule has 2 atom stereocenters. The van der Waals surface area contributed by atoms with Gasteiger partial charge in [0, 0.05) is 24.4 Å². The second-order valence-corrected chi connectivity index (χ2v) is 12.2. The first-order valence-corrected chi connectivity index (χ1v) is 14.4. The highest BCUT2D eigenvalue weighted by Crippen LogP contribution is 2.12. The van der Waals surface area contributed by atoms with E-state index in [1.807, 2.05) is 26.0 Å². The Morgan fingerprint density at radius 2 is 1.18 bits per heavy atom. The van der Waals surface area contributed by atoms with Crippen molar-refractivity contribution in [2.75, 3.05) is 11.5 Å². The van der Waals surface area contributed by atoms with E-state index >= 15 is 0 Å². The molecular weight excluding hydrogens is 582 g/mol. The van der Waals surface area contributed by atoms with Gasteiger partial charge in [-0.1, -0.05) is 12.1 Å². The Bertz CT molecular complexity index is 1290. The van der Waals surface area contributed by atoms with Gasteiger partial charge in [0.05, 0.1) is 6.04 Å². The van der Waals surface area contributed by atoms with Gasteiger partial charge >= 0.3 is 18.2 Å². The summed E-state index contributed by atoms with van der Waals surface area (Å²) in [6.07, 6.45) is -0.414. The van der Waals surface area contributed by atoms with Gasteiger partial charge < -0.3 is 42.4 Å². The Morgan fingerprint density at radius 1 is 0.778 bits per heavy atom. The van der Waals surface area contributed by atoms with E-state index in [0.29, 0.717) is 31.0 Å². The molecule has 9 N–H and O–H groups in total. The molecule has 2 amide bonds. The summed E-state index contributed by atoms with van der Waals surface area (Å²) in [5.41, 5.74) is 19.0. The SMILES string of the molecule is C[C@H](NC(=O)OC(C)(C)C)C(=O)O.Cc1nc(N)ccc1CCC(=O)[C@H](C)NC(=O)OC(C)(C)C.Cc1nc(N)ccc1CN. The van der Waals surface area contributed by atoms with Gasteiger partial charge in [0.1, 0.15) is 28.9 Å². The number of aliphatic carboxylic acids is 1. The van der Waals surface area contributed by atoms with E-state index in [9.17, 15) is 19.2 Å². The normalized spacial score (nSPS) is 12.2. The van der Waals surface area contributed by atoms with Gasteiger partial charge in [-0.3, -0.25) is 9.59 Å². The number of pyridine rings is 2. The van der Waals surface area contributed by atoms with Crippen molar-refractivity contribution in [3.8, 4) is 0 Å². The molecule has 0 aromatic carbocycles. The number of nitrogen functional groups attached to an aromatic ring is 2. The van der Waals surface area contributed by atoms with Crippen LogP contribution in [0.1, 0.15) is 84.3 Å². The molecule has 0 aliphatic carbocycles. The lowest BCUT2D eigenvalue weighted by atomic mass is 10.0. The van der Waals surface area contributed by atoms with Gasteiger partial charge in [-0.05, 0) is 98.9 Å². The van der Waals surface area contributed by atoms with Crippen LogP contribution in [0.15, 0.2) is 24.3 Å². The lowest BCUT2D eigenvalue weighted by Gasteiger charge is -2.21. The Morgan fingerprint density at radius 3 is 1.53 bits per heavy atom. The van der Waals surface area contributed by atoms with Crippen LogP contribution in [0.2, 0.25) is 0 Å². The summed E-state index contributed by atoms with van der Waals surface area (Å²) in [6, 6.07) is 5.73. The summed E-state index contributed by atoms with van der Waals surface area (Å²) in [7, 11) is 0. The largest absolute Gasteiger partial charge is 0.480 e. The fourth-order valence-electron chi connectivity index (χ4n) is 3.28. The van der Waals surface area contributed by atoms with Crippen LogP contribution in [0.3, 0.4) is 0 Å². The maximum Gasteiger partial charge on any atom is 0.408 e. The Kier molecular flexibility index (Phi) is 16.6. The van der Waals surface area contributed by atoms with Gasteiger partial charge in [-0.2, -0.15) is 0 Å². The maximum atomic E-state index is 12.1. The van der Waals surface area contributed by atoms with Crippen molar-refractivity contribution in [2.24, 2.45) is 5.73 Å². The quantitative estimate of drug-likeness (QED) is 0.243. The number of ketones is 1. The Balaban J connectivity index is 0.000000712. The number of amides is 2. The molecule has 2 heterocycles. The standard InChI is InChI=1S/C16H25N3O3.C8H15NO4.C7H11N3/c1-10-12(7-9-14(17)18-10)6-8-13(20)11(2)19-15(21)22-16(3,4)5;1-5(6(10)11)9-7(12)13-8(2,3)4;1-5-6(4-8)2-3-7(9)10-5/h7,9,11H,6,8H2,1-5H3,(H2,17,18)(H,19,21);5H,1-4H3,(H,9,12)(H,10,11);2-3H,4,8H2,1H3,(H2,9,10)/t11-;5-;/m00./s1. The number of rotatable bonds is 8. The van der Waals surface area contributed by atoms with E-state index in [1.165, 1.54) is 6.92 Å². The van der Waals surface area contributed by atoms with E-state index in [1.54, 1.807) is 60.6 Å². The maximum absolute atomic E-state index is 12.1. The highest BCUT2D eigenvalue weighted by molar-refractivity contribution is 5.87. The summed E-state index contributed by atoms with van der Waals surface area (Å²) in [5.74, 6) is -0.129. The van der Waals surface area contributed by atoms with Crippen molar-refractivity contribution < 1.29 is 33.8 Å². The number of nitrogens with zero attached hydrogens (tertiary/aromatic N) is 2. The molecule has 252 valence electrons. The molecule has 0 aliphatic heterocycles. The number of nitrogens with two attached hydrogens (primary N) is 3. The monoisotopic (exact) mass is 633 g/mol. The number of carboxylic acid groups (broad SMARTS) is 1. The molecule has 14 nitrogen and oxygen atoms in total. The number of aromatic nitrogens is 2. The minimum absolute atomic E-state index is 0.0536. The minimum Gasteiger partial charge on any atom is -0.480 e. The molecule has 0 fully saturated rings. The summed E-state index contributed by atoms with van der Waals surface area (Å²) >= 11 is 0. The smallest absolute Gasteiger partial charge is 0.408 e. The number of hydrogen-bond acceptors (Lipinski definition) is 11. The fraction of sp³-hybridized carbons (Fsp3) is 0.548. The number of nitrogens with one attached hydrogen (secondary N) is 2. The zero-order chi connectivity index (χ0) is 35.1. The molecule has 0 saturated heterocycles. The molecular formula is C31H51N7O7. The molecule has 2 aromatic heterocycles. The Hall–Kier alpha value is -4.46. The fourth-order valence-corrected chi connectivity index (χ4v) is 3.28. The summed E-state index contributed by atoms with van der Waals surface area (Å²) in [5, 5.41) is 13.2. The van der Waals surface area contributed by atoms with Gasteiger partial charge in [0.15, 0.2) is 5.78 Å². The van der Waals surface area contributed by atoms with Crippen LogP contribution in [-0.2, 0) is 32.0 Å². The van der Waals surface area contributed by atoms with Gasteiger partial charge in [-0.25, -0.2) is 19.6 Å². The van der Waals surface area contributed by atoms with Crippen molar-refractivity contribution >= 4 is 35.6 Å². The first-order valence-electron chi connectivity index (χ1n) is 14.4. The number of Topliss-reactive ketones (excluding diaryl/α,β-unsaturated/α-hetero) is 1. The average molecular weight is 634 g/mol. The van der Waals surface area contributed by atoms with Crippen LogP contribution in [0.5, 0.6) is 0 Å². The second kappa shape index (κ2) is 18.4. The number of aryl methyl sites for hydroxylation is 3. The molecule has 0 radical (unpaired) electrons. The van der Waals surface area contributed by atoms with Crippen LogP contribution in [0.25, 0.3) is 0 Å². The van der Waals surface area contributed by atoms with E-state index in [4.69, 9.17) is 31.8 Å². The number of hydrogen-bond donors (Lipinski definition) is 6. The average Bonchev–Trinajstić information content (AvgIpc) is 2.86. The number of carbonyl (C=O) groups excluding carboxylic acids is 3. The molecule has 14 heteroatoms. The van der Waals surface area contributed by atoms with E-state index in [-0.39, 0.29) is 5.78 Å². The lowest BCUT2D eigenvalue weighted by molar-refractivity contribution is -0.139. The number of anilines is 2. The minimum atomic E-state index is -1.09. The van der Waals surface area contributed by atoms with E-state index in [2.05, 4.69) is 20.6 Å². The summed E-state index contributed by atoms with van der Waals surface area (Å²) in [4.78, 5) is 53.2. The number of carboxylic acids is 1. The lowest BCUT2D eigenvalue weighted by Crippen LogP contribution is -2.41. The van der Waals surface area contributed by atoms with Crippen molar-refractivity contribution in [1.82, 2.24) is 20.6 Å². The first kappa shape index (κ1) is 40.5. The van der Waals surface area contributed by atoms with Crippen molar-refractivity contribution in [1.29, 1.82) is 0 Å².